The molecule has 6 heteroatoms. The van der Waals surface area contributed by atoms with Crippen LogP contribution in [0.4, 0.5) is 0 Å². The number of hydrogen-bond acceptors (Lipinski definition) is 6. The van der Waals surface area contributed by atoms with Gasteiger partial charge in [0.2, 0.25) is 11.6 Å². The second-order valence-corrected chi connectivity index (χ2v) is 11.6. The van der Waals surface area contributed by atoms with Gasteiger partial charge in [-0.05, 0) is 38.4 Å². The van der Waals surface area contributed by atoms with Crippen molar-refractivity contribution in [3.63, 3.8) is 0 Å². The van der Waals surface area contributed by atoms with E-state index in [0.717, 1.165) is 38.4 Å². The standard InChI is InChI=1S/C42H26N6/c1-4-15-28(16-5-1)37-43-38(29-17-6-2-7-18-29)46-41(45-37)42-47-39(30-19-8-3-9-20-30)44-40(48-42)36-26-35-31-21-11-10-14-27(31)24-25-34(35)32-22-12-13-23-33(32)36/h1-26H. The zero-order chi connectivity index (χ0) is 31.9. The van der Waals surface area contributed by atoms with Crippen molar-refractivity contribution in [1.82, 2.24) is 29.9 Å². The zero-order valence-electron chi connectivity index (χ0n) is 25.7. The summed E-state index contributed by atoms with van der Waals surface area (Å²) in [5.41, 5.74) is 3.54. The van der Waals surface area contributed by atoms with Crippen molar-refractivity contribution in [3.8, 4) is 57.2 Å². The van der Waals surface area contributed by atoms with Gasteiger partial charge in [-0.15, -0.1) is 0 Å². The molecule has 9 rings (SSSR count). The van der Waals surface area contributed by atoms with Gasteiger partial charge in [-0.25, -0.2) is 29.9 Å². The molecule has 0 atom stereocenters. The van der Waals surface area contributed by atoms with Gasteiger partial charge in [0.1, 0.15) is 0 Å². The maximum Gasteiger partial charge on any atom is 0.202 e. The number of rotatable bonds is 5. The Labute approximate surface area is 276 Å². The predicted molar refractivity (Wildman–Crippen MR) is 193 cm³/mol. The molecular weight excluding hydrogens is 589 g/mol. The lowest BCUT2D eigenvalue weighted by atomic mass is 9.93. The number of aromatic nitrogens is 6. The second-order valence-electron chi connectivity index (χ2n) is 11.6. The first kappa shape index (κ1) is 27.6. The quantitative estimate of drug-likeness (QED) is 0.180. The van der Waals surface area contributed by atoms with Gasteiger partial charge in [0.05, 0.1) is 0 Å². The third kappa shape index (κ3) is 4.93. The Morgan fingerprint density at radius 2 is 0.646 bits per heavy atom. The highest BCUT2D eigenvalue weighted by Crippen LogP contribution is 2.38. The van der Waals surface area contributed by atoms with Crippen molar-refractivity contribution >= 4 is 32.3 Å². The van der Waals surface area contributed by atoms with Gasteiger partial charge < -0.3 is 0 Å². The maximum atomic E-state index is 5.13. The molecule has 0 amide bonds. The molecule has 0 aliphatic rings. The lowest BCUT2D eigenvalue weighted by molar-refractivity contribution is 1.01. The van der Waals surface area contributed by atoms with Crippen LogP contribution in [0.25, 0.3) is 89.5 Å². The van der Waals surface area contributed by atoms with Gasteiger partial charge in [0.15, 0.2) is 23.3 Å². The van der Waals surface area contributed by atoms with Crippen molar-refractivity contribution < 1.29 is 0 Å². The third-order valence-electron chi connectivity index (χ3n) is 8.57. The molecule has 2 aromatic heterocycles. The summed E-state index contributed by atoms with van der Waals surface area (Å²) in [6.45, 7) is 0. The van der Waals surface area contributed by atoms with Crippen LogP contribution in [0, 0.1) is 0 Å². The summed E-state index contributed by atoms with van der Waals surface area (Å²) < 4.78 is 0. The Morgan fingerprint density at radius 3 is 1.21 bits per heavy atom. The van der Waals surface area contributed by atoms with E-state index < -0.39 is 0 Å². The molecule has 0 bridgehead atoms. The SMILES string of the molecule is c1ccc(-c2nc(-c3ccccc3)nc(-c3nc(-c4ccccc4)nc(-c4cc5c6ccccc6ccc5c5ccccc45)n3)n2)cc1. The number of nitrogens with zero attached hydrogens (tertiary/aromatic N) is 6. The van der Waals surface area contributed by atoms with Crippen LogP contribution in [0.15, 0.2) is 158 Å². The average molecular weight is 615 g/mol. The highest BCUT2D eigenvalue weighted by atomic mass is 15.1. The summed E-state index contributed by atoms with van der Waals surface area (Å²) in [5.74, 6) is 2.93. The Kier molecular flexibility index (Phi) is 6.68. The van der Waals surface area contributed by atoms with Crippen LogP contribution < -0.4 is 0 Å². The largest absolute Gasteiger partial charge is 0.208 e. The Morgan fingerprint density at radius 1 is 0.250 bits per heavy atom. The molecule has 0 fully saturated rings. The molecule has 2 heterocycles. The summed E-state index contributed by atoms with van der Waals surface area (Å²) in [7, 11) is 0. The molecule has 48 heavy (non-hydrogen) atoms. The Bertz CT molecular complexity index is 2550. The Hall–Kier alpha value is -6.66. The third-order valence-corrected chi connectivity index (χ3v) is 8.57. The number of fused-ring (bicyclic) bond motifs is 5. The normalized spacial score (nSPS) is 11.3. The van der Waals surface area contributed by atoms with E-state index in [0.29, 0.717) is 34.9 Å². The van der Waals surface area contributed by atoms with Crippen molar-refractivity contribution in [2.24, 2.45) is 0 Å². The summed E-state index contributed by atoms with van der Waals surface area (Å²) in [4.78, 5) is 30.0. The van der Waals surface area contributed by atoms with Gasteiger partial charge in [-0.3, -0.25) is 0 Å². The van der Waals surface area contributed by atoms with E-state index in [2.05, 4.69) is 66.7 Å². The monoisotopic (exact) mass is 614 g/mol. The minimum atomic E-state index is 0.373. The van der Waals surface area contributed by atoms with Crippen LogP contribution in [0.1, 0.15) is 0 Å². The van der Waals surface area contributed by atoms with E-state index in [-0.39, 0.29) is 0 Å². The first-order valence-corrected chi connectivity index (χ1v) is 15.8. The molecule has 7 aromatic carbocycles. The maximum absolute atomic E-state index is 5.13. The number of benzene rings is 7. The molecule has 0 unspecified atom stereocenters. The lowest BCUT2D eigenvalue weighted by Crippen LogP contribution is -2.06. The van der Waals surface area contributed by atoms with E-state index in [4.69, 9.17) is 29.9 Å². The van der Waals surface area contributed by atoms with Crippen molar-refractivity contribution in [3.05, 3.63) is 158 Å². The summed E-state index contributed by atoms with van der Waals surface area (Å²) in [5, 5.41) is 6.88. The zero-order valence-corrected chi connectivity index (χ0v) is 25.7. The fourth-order valence-corrected chi connectivity index (χ4v) is 6.27. The van der Waals surface area contributed by atoms with E-state index in [9.17, 15) is 0 Å². The molecule has 0 spiro atoms. The highest BCUT2D eigenvalue weighted by molar-refractivity contribution is 6.20. The van der Waals surface area contributed by atoms with Crippen LogP contribution in [-0.2, 0) is 0 Å². The van der Waals surface area contributed by atoms with Gasteiger partial charge in [-0.2, -0.15) is 0 Å². The highest BCUT2D eigenvalue weighted by Gasteiger charge is 2.20. The van der Waals surface area contributed by atoms with Crippen LogP contribution in [0.5, 0.6) is 0 Å². The van der Waals surface area contributed by atoms with Gasteiger partial charge in [-0.1, -0.05) is 152 Å². The van der Waals surface area contributed by atoms with E-state index in [1.165, 1.54) is 16.2 Å². The summed E-state index contributed by atoms with van der Waals surface area (Å²) >= 11 is 0. The molecule has 0 aliphatic heterocycles. The smallest absolute Gasteiger partial charge is 0.202 e. The minimum absolute atomic E-state index is 0.373. The van der Waals surface area contributed by atoms with Crippen LogP contribution in [-0.4, -0.2) is 29.9 Å². The fraction of sp³-hybridized carbons (Fsp3) is 0. The van der Waals surface area contributed by atoms with Crippen molar-refractivity contribution in [2.45, 2.75) is 0 Å². The minimum Gasteiger partial charge on any atom is -0.208 e. The fourth-order valence-electron chi connectivity index (χ4n) is 6.27. The molecule has 0 radical (unpaired) electrons. The van der Waals surface area contributed by atoms with E-state index in [1.807, 2.05) is 91.0 Å². The van der Waals surface area contributed by atoms with Gasteiger partial charge in [0, 0.05) is 22.3 Å². The van der Waals surface area contributed by atoms with E-state index in [1.54, 1.807) is 0 Å². The van der Waals surface area contributed by atoms with Gasteiger partial charge in [0.25, 0.3) is 0 Å². The molecule has 224 valence electrons. The van der Waals surface area contributed by atoms with Crippen LogP contribution in [0.2, 0.25) is 0 Å². The molecule has 0 saturated heterocycles. The molecule has 9 aromatic rings. The van der Waals surface area contributed by atoms with Crippen LogP contribution >= 0.6 is 0 Å². The first-order valence-electron chi connectivity index (χ1n) is 15.8. The molecule has 0 saturated carbocycles. The summed E-state index contributed by atoms with van der Waals surface area (Å²) in [6.07, 6.45) is 0. The Balaban J connectivity index is 1.34. The van der Waals surface area contributed by atoms with E-state index >= 15 is 0 Å². The van der Waals surface area contributed by atoms with Gasteiger partial charge >= 0.3 is 0 Å². The first-order chi connectivity index (χ1) is 23.8. The number of hydrogen-bond donors (Lipinski definition) is 0. The van der Waals surface area contributed by atoms with Crippen LogP contribution in [0.3, 0.4) is 0 Å². The summed E-state index contributed by atoms with van der Waals surface area (Å²) in [6, 6.07) is 53.3. The lowest BCUT2D eigenvalue weighted by Gasteiger charge is -2.14. The predicted octanol–water partition coefficient (Wildman–Crippen LogP) is 9.85. The molecule has 0 N–H and O–H groups in total. The average Bonchev–Trinajstić information content (AvgIpc) is 3.18. The molecule has 6 nitrogen and oxygen atoms in total. The molecular formula is C42H26N6. The van der Waals surface area contributed by atoms with Crippen molar-refractivity contribution in [2.75, 3.05) is 0 Å². The second kappa shape index (κ2) is 11.6. The topological polar surface area (TPSA) is 77.3 Å². The van der Waals surface area contributed by atoms with Crippen molar-refractivity contribution in [1.29, 1.82) is 0 Å². The molecule has 0 aliphatic carbocycles.